The summed E-state index contributed by atoms with van der Waals surface area (Å²) in [5, 5.41) is 6.10. The number of halogens is 2. The smallest absolute Gasteiger partial charge is 0.338 e. The second-order valence-corrected chi connectivity index (χ2v) is 6.62. The number of carbonyl (C=O) groups is 3. The number of ether oxygens (including phenoxy) is 1. The van der Waals surface area contributed by atoms with Gasteiger partial charge in [-0.3, -0.25) is 9.59 Å². The molecule has 0 heterocycles. The lowest BCUT2D eigenvalue weighted by molar-refractivity contribution is -0.124. The third-order valence-electron chi connectivity index (χ3n) is 3.57. The Bertz CT molecular complexity index is 871. The van der Waals surface area contributed by atoms with Crippen molar-refractivity contribution in [2.75, 3.05) is 11.9 Å². The molecule has 0 aromatic heterocycles. The molecule has 27 heavy (non-hydrogen) atoms. The molecule has 0 aliphatic rings. The first-order valence-corrected chi connectivity index (χ1v) is 8.81. The van der Waals surface area contributed by atoms with Crippen LogP contribution < -0.4 is 10.6 Å². The number of carbonyl (C=O) groups excluding carboxylic acids is 3. The van der Waals surface area contributed by atoms with Gasteiger partial charge >= 0.3 is 5.97 Å². The first kappa shape index (κ1) is 20.7. The van der Waals surface area contributed by atoms with Gasteiger partial charge in [-0.25, -0.2) is 4.79 Å². The van der Waals surface area contributed by atoms with Crippen LogP contribution in [-0.2, 0) is 14.3 Å². The lowest BCUT2D eigenvalue weighted by atomic mass is 10.1. The van der Waals surface area contributed by atoms with Crippen molar-refractivity contribution in [2.45, 2.75) is 19.9 Å². The molecule has 0 fully saturated rings. The van der Waals surface area contributed by atoms with Gasteiger partial charge in [-0.15, -0.1) is 0 Å². The Kier molecular flexibility index (Phi) is 7.21. The maximum absolute atomic E-state index is 12.1. The van der Waals surface area contributed by atoms with Gasteiger partial charge in [0.15, 0.2) is 6.61 Å². The van der Waals surface area contributed by atoms with E-state index in [9.17, 15) is 14.4 Å². The molecular weight excluding hydrogens is 391 g/mol. The molecular formula is C19H18Cl2N2O4. The van der Waals surface area contributed by atoms with Crippen LogP contribution in [-0.4, -0.2) is 24.4 Å². The van der Waals surface area contributed by atoms with E-state index in [1.54, 1.807) is 37.3 Å². The topological polar surface area (TPSA) is 84.5 Å². The van der Waals surface area contributed by atoms with Crippen LogP contribution in [0, 0.1) is 0 Å². The first-order valence-electron chi connectivity index (χ1n) is 8.05. The molecule has 2 rings (SSSR count). The molecule has 0 saturated carbocycles. The monoisotopic (exact) mass is 408 g/mol. The van der Waals surface area contributed by atoms with E-state index in [0.29, 0.717) is 15.7 Å². The van der Waals surface area contributed by atoms with Gasteiger partial charge in [-0.2, -0.15) is 0 Å². The summed E-state index contributed by atoms with van der Waals surface area (Å²) in [5.41, 5.74) is 1.47. The number of nitrogens with one attached hydrogen (secondary N) is 2. The fraction of sp³-hybridized carbons (Fsp3) is 0.211. The lowest BCUT2D eigenvalue weighted by Gasteiger charge is -2.15. The Morgan fingerprint density at radius 1 is 1.07 bits per heavy atom. The fourth-order valence-electron chi connectivity index (χ4n) is 2.29. The molecule has 0 bridgehead atoms. The van der Waals surface area contributed by atoms with E-state index in [4.69, 9.17) is 27.9 Å². The molecule has 0 saturated heterocycles. The molecule has 0 radical (unpaired) electrons. The third-order valence-corrected chi connectivity index (χ3v) is 4.31. The van der Waals surface area contributed by atoms with Crippen LogP contribution in [0.25, 0.3) is 0 Å². The molecule has 2 aromatic rings. The highest BCUT2D eigenvalue weighted by Crippen LogP contribution is 2.25. The van der Waals surface area contributed by atoms with Crippen molar-refractivity contribution < 1.29 is 19.1 Å². The number of esters is 1. The van der Waals surface area contributed by atoms with Crippen molar-refractivity contribution in [3.63, 3.8) is 0 Å². The number of hydrogen-bond donors (Lipinski definition) is 2. The standard InChI is InChI=1S/C19H18Cl2N2O4/c1-11(13-6-7-16(20)17(21)9-13)22-18(25)10-27-19(26)14-4-3-5-15(8-14)23-12(2)24/h3-9,11H,10H2,1-2H3,(H,22,25)(H,23,24)/t11-/m1/s1. The van der Waals surface area contributed by atoms with E-state index in [2.05, 4.69) is 10.6 Å². The number of amides is 2. The minimum Gasteiger partial charge on any atom is -0.452 e. The minimum absolute atomic E-state index is 0.228. The van der Waals surface area contributed by atoms with E-state index in [-0.39, 0.29) is 17.5 Å². The molecule has 8 heteroatoms. The van der Waals surface area contributed by atoms with Gasteiger partial charge in [0.05, 0.1) is 21.7 Å². The summed E-state index contributed by atoms with van der Waals surface area (Å²) in [6, 6.07) is 11.0. The summed E-state index contributed by atoms with van der Waals surface area (Å²) in [6.45, 7) is 2.70. The van der Waals surface area contributed by atoms with Gasteiger partial charge in [0, 0.05) is 12.6 Å². The molecule has 0 aliphatic heterocycles. The SMILES string of the molecule is CC(=O)Nc1cccc(C(=O)OCC(=O)N[C@H](C)c2ccc(Cl)c(Cl)c2)c1. The number of rotatable bonds is 6. The van der Waals surface area contributed by atoms with Crippen LogP contribution >= 0.6 is 23.2 Å². The summed E-state index contributed by atoms with van der Waals surface area (Å²) >= 11 is 11.8. The van der Waals surface area contributed by atoms with Gasteiger partial charge in [0.25, 0.3) is 5.91 Å². The molecule has 142 valence electrons. The third kappa shape index (κ3) is 6.27. The highest BCUT2D eigenvalue weighted by Gasteiger charge is 2.14. The summed E-state index contributed by atoms with van der Waals surface area (Å²) in [4.78, 5) is 35.2. The van der Waals surface area contributed by atoms with Crippen molar-refractivity contribution >= 4 is 46.7 Å². The number of anilines is 1. The number of benzene rings is 2. The largest absolute Gasteiger partial charge is 0.452 e. The Morgan fingerprint density at radius 2 is 1.81 bits per heavy atom. The molecule has 2 amide bonds. The van der Waals surface area contributed by atoms with E-state index in [1.807, 2.05) is 0 Å². The second-order valence-electron chi connectivity index (χ2n) is 5.80. The predicted octanol–water partition coefficient (Wildman–Crippen LogP) is 3.99. The summed E-state index contributed by atoms with van der Waals surface area (Å²) in [5.74, 6) is -1.38. The van der Waals surface area contributed by atoms with E-state index >= 15 is 0 Å². The average molecular weight is 409 g/mol. The highest BCUT2D eigenvalue weighted by atomic mass is 35.5. The van der Waals surface area contributed by atoms with Gasteiger partial charge in [0.2, 0.25) is 5.91 Å². The zero-order chi connectivity index (χ0) is 20.0. The average Bonchev–Trinajstić information content (AvgIpc) is 2.61. The van der Waals surface area contributed by atoms with Gasteiger partial charge < -0.3 is 15.4 Å². The van der Waals surface area contributed by atoms with Crippen LogP contribution in [0.4, 0.5) is 5.69 Å². The fourth-order valence-corrected chi connectivity index (χ4v) is 2.60. The Balaban J connectivity index is 1.90. The van der Waals surface area contributed by atoms with Crippen LogP contribution in [0.1, 0.15) is 35.8 Å². The van der Waals surface area contributed by atoms with Crippen molar-refractivity contribution in [3.8, 4) is 0 Å². The maximum atomic E-state index is 12.1. The van der Waals surface area contributed by atoms with Crippen molar-refractivity contribution in [2.24, 2.45) is 0 Å². The summed E-state index contributed by atoms with van der Waals surface area (Å²) in [6.07, 6.45) is 0. The summed E-state index contributed by atoms with van der Waals surface area (Å²) < 4.78 is 5.02. The molecule has 2 N–H and O–H groups in total. The van der Waals surface area contributed by atoms with Gasteiger partial charge in [-0.1, -0.05) is 35.3 Å². The Hall–Kier alpha value is -2.57. The second kappa shape index (κ2) is 9.39. The van der Waals surface area contributed by atoms with E-state index in [1.165, 1.54) is 19.1 Å². The zero-order valence-corrected chi connectivity index (χ0v) is 16.2. The normalized spacial score (nSPS) is 11.4. The van der Waals surface area contributed by atoms with E-state index < -0.39 is 18.5 Å². The molecule has 6 nitrogen and oxygen atoms in total. The minimum atomic E-state index is -0.667. The molecule has 0 aliphatic carbocycles. The quantitative estimate of drug-likeness (QED) is 0.707. The van der Waals surface area contributed by atoms with Crippen molar-refractivity contribution in [3.05, 3.63) is 63.6 Å². The van der Waals surface area contributed by atoms with Crippen LogP contribution in [0.3, 0.4) is 0 Å². The first-order chi connectivity index (χ1) is 12.8. The van der Waals surface area contributed by atoms with Gasteiger partial charge in [0.1, 0.15) is 0 Å². The van der Waals surface area contributed by atoms with Crippen LogP contribution in [0.2, 0.25) is 10.0 Å². The predicted molar refractivity (Wildman–Crippen MR) is 104 cm³/mol. The van der Waals surface area contributed by atoms with Crippen LogP contribution in [0.5, 0.6) is 0 Å². The summed E-state index contributed by atoms with van der Waals surface area (Å²) in [7, 11) is 0. The molecule has 2 aromatic carbocycles. The van der Waals surface area contributed by atoms with Crippen molar-refractivity contribution in [1.29, 1.82) is 0 Å². The molecule has 0 unspecified atom stereocenters. The zero-order valence-electron chi connectivity index (χ0n) is 14.7. The lowest BCUT2D eigenvalue weighted by Crippen LogP contribution is -2.31. The molecule has 0 spiro atoms. The number of hydrogen-bond acceptors (Lipinski definition) is 4. The molecule has 1 atom stereocenters. The van der Waals surface area contributed by atoms with Crippen LogP contribution in [0.15, 0.2) is 42.5 Å². The Labute approximate surface area is 166 Å². The van der Waals surface area contributed by atoms with Crippen molar-refractivity contribution in [1.82, 2.24) is 5.32 Å². The van der Waals surface area contributed by atoms with E-state index in [0.717, 1.165) is 5.56 Å². The maximum Gasteiger partial charge on any atom is 0.338 e. The highest BCUT2D eigenvalue weighted by molar-refractivity contribution is 6.42. The Morgan fingerprint density at radius 3 is 2.48 bits per heavy atom. The van der Waals surface area contributed by atoms with Gasteiger partial charge in [-0.05, 0) is 42.8 Å².